The minimum Gasteiger partial charge on any atom is -0.383 e. The quantitative estimate of drug-likeness (QED) is 0.784. The van der Waals surface area contributed by atoms with Crippen LogP contribution in [-0.2, 0) is 30.7 Å². The van der Waals surface area contributed by atoms with Crippen LogP contribution >= 0.6 is 11.3 Å². The Morgan fingerprint density at radius 3 is 2.67 bits per heavy atom. The topological polar surface area (TPSA) is 94.8 Å². The Morgan fingerprint density at radius 1 is 1.33 bits per heavy atom. The number of thiazole rings is 1. The number of hydrogen-bond acceptors (Lipinski definition) is 6. The summed E-state index contributed by atoms with van der Waals surface area (Å²) in [5.41, 5.74) is 1.96. The average Bonchev–Trinajstić information content (AvgIpc) is 2.80. The Balaban J connectivity index is 2.49. The maximum Gasteiger partial charge on any atom is 0.264 e. The van der Waals surface area contributed by atoms with Gasteiger partial charge in [-0.15, -0.1) is 0 Å². The molecule has 1 aromatic heterocycles. The number of fused-ring (bicyclic) bond motifs is 1. The Labute approximate surface area is 143 Å². The number of aryl methyl sites for hydroxylation is 1. The molecule has 0 aliphatic carbocycles. The molecule has 2 rings (SSSR count). The van der Waals surface area contributed by atoms with Gasteiger partial charge in [-0.05, 0) is 24.6 Å². The molecule has 0 saturated carbocycles. The zero-order valence-electron chi connectivity index (χ0n) is 13.6. The van der Waals surface area contributed by atoms with Crippen molar-refractivity contribution >= 4 is 42.4 Å². The molecule has 0 unspecified atom stereocenters. The van der Waals surface area contributed by atoms with Crippen molar-refractivity contribution in [2.45, 2.75) is 20.4 Å². The summed E-state index contributed by atoms with van der Waals surface area (Å²) >= 11 is 1.29. The van der Waals surface area contributed by atoms with Gasteiger partial charge in [-0.3, -0.25) is 9.59 Å². The van der Waals surface area contributed by atoms with E-state index in [-0.39, 0.29) is 0 Å². The molecule has 0 fully saturated rings. The summed E-state index contributed by atoms with van der Waals surface area (Å²) in [5, 5.41) is -1.04. The third-order valence-corrected chi connectivity index (χ3v) is 5.87. The fraction of sp³-hybridized carbons (Fsp3) is 0.400. The number of benzene rings is 1. The molecular weight excluding hydrogens is 352 g/mol. The Hall–Kier alpha value is -1.84. The molecule has 0 saturated heterocycles. The standard InChI is InChI=1S/C15H18N2O5S2/c1-10-4-5-12-13(8-10)23-15(17(12)6-7-22-3)16-14(19)9-24(20,21)11(2)18/h4-5,8H,6-7,9H2,1-3H3. The van der Waals surface area contributed by atoms with E-state index < -0.39 is 26.6 Å². The van der Waals surface area contributed by atoms with Gasteiger partial charge in [-0.1, -0.05) is 17.4 Å². The van der Waals surface area contributed by atoms with Crippen molar-refractivity contribution in [1.82, 2.24) is 4.57 Å². The molecule has 2 aromatic rings. The first-order valence-corrected chi connectivity index (χ1v) is 9.61. The molecule has 0 aliphatic heterocycles. The predicted molar refractivity (Wildman–Crippen MR) is 91.5 cm³/mol. The highest BCUT2D eigenvalue weighted by atomic mass is 32.2. The van der Waals surface area contributed by atoms with Gasteiger partial charge in [0.2, 0.25) is 15.0 Å². The van der Waals surface area contributed by atoms with Gasteiger partial charge < -0.3 is 9.30 Å². The Morgan fingerprint density at radius 2 is 2.04 bits per heavy atom. The lowest BCUT2D eigenvalue weighted by atomic mass is 10.2. The van der Waals surface area contributed by atoms with Crippen molar-refractivity contribution in [3.8, 4) is 0 Å². The Kier molecular flexibility index (Phi) is 5.68. The summed E-state index contributed by atoms with van der Waals surface area (Å²) in [4.78, 5) is 27.3. The SMILES string of the molecule is COCCn1c(=NC(=O)CS(=O)(=O)C(C)=O)sc2cc(C)ccc21. The van der Waals surface area contributed by atoms with Crippen LogP contribution in [0, 0.1) is 6.92 Å². The highest BCUT2D eigenvalue weighted by Gasteiger charge is 2.21. The van der Waals surface area contributed by atoms with Gasteiger partial charge in [0.05, 0.1) is 16.8 Å². The van der Waals surface area contributed by atoms with Crippen molar-refractivity contribution in [2.75, 3.05) is 19.5 Å². The average molecular weight is 370 g/mol. The van der Waals surface area contributed by atoms with Crippen molar-refractivity contribution < 1.29 is 22.7 Å². The number of hydrogen-bond donors (Lipinski definition) is 0. The zero-order valence-corrected chi connectivity index (χ0v) is 15.2. The summed E-state index contributed by atoms with van der Waals surface area (Å²) in [6, 6.07) is 5.84. The van der Waals surface area contributed by atoms with E-state index in [2.05, 4.69) is 4.99 Å². The first kappa shape index (κ1) is 18.5. The van der Waals surface area contributed by atoms with Crippen LogP contribution in [0.2, 0.25) is 0 Å². The van der Waals surface area contributed by atoms with Crippen LogP contribution in [0.1, 0.15) is 12.5 Å². The zero-order chi connectivity index (χ0) is 17.9. The van der Waals surface area contributed by atoms with Crippen molar-refractivity contribution in [3.05, 3.63) is 28.6 Å². The molecule has 0 atom stereocenters. The second-order valence-electron chi connectivity index (χ2n) is 5.26. The number of carbonyl (C=O) groups is 2. The summed E-state index contributed by atoms with van der Waals surface area (Å²) < 4.78 is 30.9. The number of ether oxygens (including phenoxy) is 1. The van der Waals surface area contributed by atoms with E-state index in [1.807, 2.05) is 25.1 Å². The molecule has 7 nitrogen and oxygen atoms in total. The number of carbonyl (C=O) groups excluding carboxylic acids is 2. The first-order valence-electron chi connectivity index (χ1n) is 7.14. The van der Waals surface area contributed by atoms with Crippen LogP contribution in [0.15, 0.2) is 23.2 Å². The molecule has 1 amide bonds. The van der Waals surface area contributed by atoms with Crippen LogP contribution in [0.5, 0.6) is 0 Å². The molecule has 1 aromatic carbocycles. The third kappa shape index (κ3) is 4.16. The van der Waals surface area contributed by atoms with E-state index in [1.165, 1.54) is 11.3 Å². The number of nitrogens with zero attached hydrogens (tertiary/aromatic N) is 2. The van der Waals surface area contributed by atoms with E-state index in [0.717, 1.165) is 22.7 Å². The van der Waals surface area contributed by atoms with Gasteiger partial charge in [0.1, 0.15) is 5.75 Å². The van der Waals surface area contributed by atoms with Gasteiger partial charge in [0.15, 0.2) is 4.80 Å². The first-order chi connectivity index (χ1) is 11.2. The van der Waals surface area contributed by atoms with Crippen LogP contribution in [0.3, 0.4) is 0 Å². The molecule has 130 valence electrons. The predicted octanol–water partition coefficient (Wildman–Crippen LogP) is 1.05. The number of amides is 1. The highest BCUT2D eigenvalue weighted by molar-refractivity contribution is 8.06. The van der Waals surface area contributed by atoms with E-state index in [0.29, 0.717) is 18.0 Å². The lowest BCUT2D eigenvalue weighted by Crippen LogP contribution is -2.24. The number of sulfone groups is 1. The summed E-state index contributed by atoms with van der Waals surface area (Å²) in [5.74, 6) is -1.78. The van der Waals surface area contributed by atoms with Gasteiger partial charge >= 0.3 is 0 Å². The minimum atomic E-state index is -4.10. The highest BCUT2D eigenvalue weighted by Crippen LogP contribution is 2.19. The number of methoxy groups -OCH3 is 1. The van der Waals surface area contributed by atoms with Crippen LogP contribution in [-0.4, -0.2) is 43.5 Å². The largest absolute Gasteiger partial charge is 0.383 e. The second kappa shape index (κ2) is 7.37. The molecule has 0 radical (unpaired) electrons. The fourth-order valence-corrected chi connectivity index (χ4v) is 3.83. The van der Waals surface area contributed by atoms with Gasteiger partial charge in [0.25, 0.3) is 5.91 Å². The summed E-state index contributed by atoms with van der Waals surface area (Å²) in [6.45, 7) is 3.78. The minimum absolute atomic E-state index is 0.386. The molecule has 0 N–H and O–H groups in total. The molecule has 9 heteroatoms. The molecule has 0 bridgehead atoms. The molecule has 0 spiro atoms. The van der Waals surface area contributed by atoms with Crippen LogP contribution in [0.25, 0.3) is 10.2 Å². The maximum atomic E-state index is 12.0. The molecular formula is C15H18N2O5S2. The molecule has 0 aliphatic rings. The molecule has 1 heterocycles. The van der Waals surface area contributed by atoms with Gasteiger partial charge in [-0.2, -0.15) is 4.99 Å². The fourth-order valence-electron chi connectivity index (χ4n) is 2.07. The van der Waals surface area contributed by atoms with Gasteiger partial charge in [0, 0.05) is 20.6 Å². The van der Waals surface area contributed by atoms with Crippen LogP contribution in [0.4, 0.5) is 0 Å². The van der Waals surface area contributed by atoms with E-state index in [9.17, 15) is 18.0 Å². The third-order valence-electron chi connectivity index (χ3n) is 3.33. The van der Waals surface area contributed by atoms with E-state index in [1.54, 1.807) is 11.7 Å². The van der Waals surface area contributed by atoms with Crippen molar-refractivity contribution in [3.63, 3.8) is 0 Å². The summed E-state index contributed by atoms with van der Waals surface area (Å²) in [6.07, 6.45) is 0. The lowest BCUT2D eigenvalue weighted by molar-refractivity contribution is -0.116. The van der Waals surface area contributed by atoms with Crippen molar-refractivity contribution in [2.24, 2.45) is 4.99 Å². The smallest absolute Gasteiger partial charge is 0.264 e. The normalized spacial score (nSPS) is 12.7. The Bertz CT molecular complexity index is 954. The second-order valence-corrected chi connectivity index (χ2v) is 8.36. The summed E-state index contributed by atoms with van der Waals surface area (Å²) in [7, 11) is -2.53. The van der Waals surface area contributed by atoms with Crippen molar-refractivity contribution in [1.29, 1.82) is 0 Å². The monoisotopic (exact) mass is 370 g/mol. The van der Waals surface area contributed by atoms with E-state index in [4.69, 9.17) is 4.74 Å². The van der Waals surface area contributed by atoms with Crippen LogP contribution < -0.4 is 4.80 Å². The number of rotatable bonds is 5. The maximum absolute atomic E-state index is 12.0. The lowest BCUT2D eigenvalue weighted by Gasteiger charge is -2.04. The number of aromatic nitrogens is 1. The van der Waals surface area contributed by atoms with Gasteiger partial charge in [-0.25, -0.2) is 8.42 Å². The molecule has 24 heavy (non-hydrogen) atoms. The van der Waals surface area contributed by atoms with E-state index >= 15 is 0 Å².